The third-order valence-electron chi connectivity index (χ3n) is 8.32. The molecule has 2 aliphatic heterocycles. The number of anilines is 2. The van der Waals surface area contributed by atoms with Crippen LogP contribution in [0.5, 0.6) is 0 Å². The summed E-state index contributed by atoms with van der Waals surface area (Å²) in [5.74, 6) is 0.278. The maximum Gasteiger partial charge on any atom is 0.386 e. The lowest BCUT2D eigenvalue weighted by Crippen LogP contribution is -2.34. The number of nitrogens with two attached hydrogens (primary N) is 2. The van der Waals surface area contributed by atoms with Gasteiger partial charge in [-0.3, -0.25) is 28.0 Å². The molecule has 0 aromatic carbocycles. The number of rotatable bonds is 11. The van der Waals surface area contributed by atoms with Crippen molar-refractivity contribution in [2.24, 2.45) is 5.92 Å². The topological polar surface area (TPSA) is 252 Å². The van der Waals surface area contributed by atoms with E-state index in [-0.39, 0.29) is 54.7 Å². The number of aromatic nitrogens is 8. The van der Waals surface area contributed by atoms with Gasteiger partial charge < -0.3 is 34.9 Å². The number of H-pyrrole nitrogens is 1. The quantitative estimate of drug-likeness (QED) is 0.110. The third-order valence-corrected chi connectivity index (χ3v) is 11.6. The zero-order valence-corrected chi connectivity index (χ0v) is 27.6. The number of ether oxygens (including phenoxy) is 2. The molecule has 3 fully saturated rings. The monoisotopic (exact) mass is 716 g/mol. The summed E-state index contributed by atoms with van der Waals surface area (Å²) < 4.78 is 51.6. The Morgan fingerprint density at radius 1 is 1.17 bits per heavy atom. The fourth-order valence-electron chi connectivity index (χ4n) is 6.26. The lowest BCUT2D eigenvalue weighted by Gasteiger charge is -2.32. The number of nitrogen functional groups attached to an aromatic ring is 2. The number of nitrogens with zero attached hydrogens (tertiary/aromatic N) is 7. The van der Waals surface area contributed by atoms with Crippen LogP contribution >= 0.6 is 25.8 Å². The van der Waals surface area contributed by atoms with Crippen LogP contribution in [0.25, 0.3) is 22.3 Å². The number of hydrogen-bond donors (Lipinski definition) is 5. The molecule has 19 nitrogen and oxygen atoms in total. The van der Waals surface area contributed by atoms with Gasteiger partial charge in [0.1, 0.15) is 24.2 Å². The number of nitrogens with one attached hydrogen (secondary N) is 1. The van der Waals surface area contributed by atoms with E-state index >= 15 is 0 Å². The summed E-state index contributed by atoms with van der Waals surface area (Å²) in [4.78, 5) is 45.8. The molecule has 6 heterocycles. The van der Waals surface area contributed by atoms with E-state index in [4.69, 9.17) is 50.8 Å². The van der Waals surface area contributed by atoms with E-state index in [1.165, 1.54) is 24.3 Å². The van der Waals surface area contributed by atoms with Crippen LogP contribution in [0.2, 0.25) is 0 Å². The van der Waals surface area contributed by atoms with E-state index in [0.29, 0.717) is 24.0 Å². The molecule has 1 aliphatic carbocycles. The summed E-state index contributed by atoms with van der Waals surface area (Å²) in [5.41, 5.74) is 11.6. The highest BCUT2D eigenvalue weighted by atomic mass is 32.7. The Labute approximate surface area is 270 Å². The van der Waals surface area contributed by atoms with E-state index in [9.17, 15) is 14.3 Å². The summed E-state index contributed by atoms with van der Waals surface area (Å²) in [6.07, 6.45) is 3.56. The van der Waals surface area contributed by atoms with Gasteiger partial charge in [0, 0.05) is 19.4 Å². The molecule has 0 spiro atoms. The first-order valence-electron chi connectivity index (χ1n) is 14.0. The second kappa shape index (κ2) is 11.9. The maximum atomic E-state index is 13.7. The predicted octanol–water partition coefficient (Wildman–Crippen LogP) is 1.80. The first-order chi connectivity index (χ1) is 21.9. The zero-order valence-electron chi connectivity index (χ0n) is 24.1. The lowest BCUT2D eigenvalue weighted by atomic mass is 10.0. The van der Waals surface area contributed by atoms with Crippen molar-refractivity contribution in [1.29, 1.82) is 0 Å². The number of hydrogen-bond acceptors (Lipinski definition) is 16. The van der Waals surface area contributed by atoms with Crippen molar-refractivity contribution < 1.29 is 37.0 Å². The molecule has 2 unspecified atom stereocenters. The first kappa shape index (κ1) is 32.0. The Bertz CT molecular complexity index is 1960. The molecule has 2 bridgehead atoms. The van der Waals surface area contributed by atoms with Crippen molar-refractivity contribution in [2.45, 2.75) is 55.9 Å². The number of aromatic amines is 1. The van der Waals surface area contributed by atoms with Gasteiger partial charge in [0.05, 0.1) is 37.6 Å². The molecule has 7 rings (SSSR count). The van der Waals surface area contributed by atoms with E-state index in [0.717, 1.165) is 6.42 Å². The molecular formula is C23H30N10O9P2S2. The fourth-order valence-corrected chi connectivity index (χ4v) is 8.43. The average Bonchev–Trinajstić information content (AvgIpc) is 3.83. The lowest BCUT2D eigenvalue weighted by molar-refractivity contribution is -0.121. The summed E-state index contributed by atoms with van der Waals surface area (Å²) in [6.45, 7) is -7.78. The second-order valence-corrected chi connectivity index (χ2v) is 17.1. The van der Waals surface area contributed by atoms with Gasteiger partial charge >= 0.3 is 13.5 Å². The fraction of sp³-hybridized carbons (Fsp3) is 0.565. The molecule has 8 atom stereocenters. The third kappa shape index (κ3) is 5.99. The smallest absolute Gasteiger partial charge is 0.382 e. The molecule has 248 valence electrons. The van der Waals surface area contributed by atoms with Crippen LogP contribution in [0.4, 0.5) is 11.8 Å². The first-order valence-corrected chi connectivity index (χ1v) is 19.3. The van der Waals surface area contributed by atoms with Gasteiger partial charge in [-0.15, -0.1) is 0 Å². The van der Waals surface area contributed by atoms with Crippen LogP contribution in [-0.4, -0.2) is 82.1 Å². The highest BCUT2D eigenvalue weighted by molar-refractivity contribution is 8.44. The van der Waals surface area contributed by atoms with Crippen LogP contribution in [0.1, 0.15) is 38.1 Å². The number of fused-ring (bicyclic) bond motifs is 4. The van der Waals surface area contributed by atoms with E-state index in [2.05, 4.69) is 42.2 Å². The molecule has 4 aromatic rings. The summed E-state index contributed by atoms with van der Waals surface area (Å²) in [7, 11) is 1.23. The minimum absolute atomic E-state index is 0.00874. The van der Waals surface area contributed by atoms with Gasteiger partial charge in [-0.05, 0) is 31.1 Å². The van der Waals surface area contributed by atoms with Gasteiger partial charge in [0.15, 0.2) is 28.9 Å². The van der Waals surface area contributed by atoms with Crippen LogP contribution < -0.4 is 17.0 Å². The largest absolute Gasteiger partial charge is 0.386 e. The van der Waals surface area contributed by atoms with E-state index < -0.39 is 43.1 Å². The zero-order chi connectivity index (χ0) is 32.4. The molecule has 6 N–H and O–H groups in total. The van der Waals surface area contributed by atoms with Gasteiger partial charge in [-0.1, -0.05) is 12.2 Å². The molecule has 0 radical (unpaired) electrons. The highest BCUT2D eigenvalue weighted by Crippen LogP contribution is 2.60. The standard InChI is InChI=1S/C23H30N10O9P2S2/c1-37-43(35,45)38-6-12-4-13(21(40-12)33-10-29-15-18(33)30-22(25)31-19(15)34)42-44(36,46)39-7-23-3-2-11(5-23)20(41-23)32-9-28-14-16(24)26-8-27-17(14)32/h8-13,20-21H,2-7H2,1H3,(H,35,45)(H,36,46)(H2,24,26,27)(H3,25,30,31,34)/t11-,12+,13-,20-,21-,23+,43?,44?/m1/s1. The van der Waals surface area contributed by atoms with Gasteiger partial charge in [0.2, 0.25) is 5.95 Å². The molecule has 4 aromatic heterocycles. The number of thiol groups is 1. The Kier molecular flexibility index (Phi) is 8.25. The Morgan fingerprint density at radius 3 is 2.72 bits per heavy atom. The molecule has 23 heteroatoms. The van der Waals surface area contributed by atoms with Crippen molar-refractivity contribution in [3.8, 4) is 0 Å². The van der Waals surface area contributed by atoms with Crippen LogP contribution in [-0.2, 0) is 43.9 Å². The van der Waals surface area contributed by atoms with Crippen LogP contribution in [0.3, 0.4) is 0 Å². The van der Waals surface area contributed by atoms with E-state index in [1.807, 2.05) is 4.57 Å². The van der Waals surface area contributed by atoms with Crippen LogP contribution in [0.15, 0.2) is 23.8 Å². The predicted molar refractivity (Wildman–Crippen MR) is 168 cm³/mol. The van der Waals surface area contributed by atoms with Gasteiger partial charge in [-0.25, -0.2) is 24.5 Å². The van der Waals surface area contributed by atoms with Gasteiger partial charge in [0.25, 0.3) is 5.56 Å². The molecule has 46 heavy (non-hydrogen) atoms. The normalized spacial score (nSPS) is 30.3. The average molecular weight is 717 g/mol. The molecule has 3 aliphatic rings. The van der Waals surface area contributed by atoms with Crippen molar-refractivity contribution in [1.82, 2.24) is 39.0 Å². The Hall–Kier alpha value is -2.55. The summed E-state index contributed by atoms with van der Waals surface area (Å²) in [6, 6.07) is 0. The van der Waals surface area contributed by atoms with Crippen molar-refractivity contribution in [2.75, 3.05) is 31.8 Å². The van der Waals surface area contributed by atoms with E-state index in [1.54, 1.807) is 6.33 Å². The van der Waals surface area contributed by atoms with Crippen molar-refractivity contribution in [3.05, 3.63) is 29.3 Å². The molecule has 1 saturated carbocycles. The minimum atomic E-state index is -4.06. The van der Waals surface area contributed by atoms with Crippen molar-refractivity contribution >= 4 is 71.7 Å². The van der Waals surface area contributed by atoms with Crippen molar-refractivity contribution in [3.63, 3.8) is 0 Å². The highest BCUT2D eigenvalue weighted by Gasteiger charge is 2.54. The summed E-state index contributed by atoms with van der Waals surface area (Å²) in [5, 5.41) is 0. The van der Waals surface area contributed by atoms with Crippen LogP contribution in [0, 0.1) is 5.92 Å². The Morgan fingerprint density at radius 2 is 1.93 bits per heavy atom. The Balaban J connectivity index is 1.08. The molecular weight excluding hydrogens is 686 g/mol. The SMILES string of the molecule is COP(O)(=S)OC[C@@H]1C[C@@H](OP(=O)(S)OC[C@]23CC[C@H](C2)[C@H](n2cnc4c(N)ncnc42)O3)[C@H](n2cnc3c(=O)[nH]c(N)nc32)O1. The number of imidazole rings is 2. The summed E-state index contributed by atoms with van der Waals surface area (Å²) >= 11 is 9.21. The second-order valence-electron chi connectivity index (χ2n) is 11.3. The molecule has 0 amide bonds. The van der Waals surface area contributed by atoms with Gasteiger partial charge in [-0.2, -0.15) is 4.98 Å². The maximum absolute atomic E-state index is 13.7. The molecule has 2 saturated heterocycles. The minimum Gasteiger partial charge on any atom is -0.382 e.